The summed E-state index contributed by atoms with van der Waals surface area (Å²) in [5, 5.41) is 0. The molecule has 0 aliphatic heterocycles. The van der Waals surface area contributed by atoms with E-state index in [4.69, 9.17) is 0 Å². The summed E-state index contributed by atoms with van der Waals surface area (Å²) in [6.07, 6.45) is 4.64. The van der Waals surface area contributed by atoms with Gasteiger partial charge < -0.3 is 0 Å². The van der Waals surface area contributed by atoms with Crippen LogP contribution in [0.2, 0.25) is 0 Å². The molecule has 52 valence electrons. The van der Waals surface area contributed by atoms with E-state index < -0.39 is 0 Å². The highest BCUT2D eigenvalue weighted by Gasteiger charge is 2.09. The smallest absolute Gasteiger partial charge is 0.182 e. The van der Waals surface area contributed by atoms with Crippen molar-refractivity contribution in [1.82, 2.24) is 0 Å². The Morgan fingerprint density at radius 1 is 1.30 bits per heavy atom. The van der Waals surface area contributed by atoms with Gasteiger partial charge in [-0.2, -0.15) is 0 Å². The maximum Gasteiger partial charge on any atom is 0.182 e. The number of ketones is 2. The highest BCUT2D eigenvalue weighted by molar-refractivity contribution is 6.17. The minimum atomic E-state index is -0.0866. The lowest BCUT2D eigenvalue weighted by Gasteiger charge is -2.01. The number of carbonyl (C=O) groups excluding carboxylic acids is 2. The van der Waals surface area contributed by atoms with Crippen LogP contribution in [0.15, 0.2) is 23.8 Å². The molecule has 0 fully saturated rings. The molecule has 0 amide bonds. The van der Waals surface area contributed by atoms with Crippen molar-refractivity contribution in [3.63, 3.8) is 0 Å². The molecule has 0 N–H and O–H groups in total. The predicted molar refractivity (Wildman–Crippen MR) is 37.5 cm³/mol. The molecule has 0 aromatic carbocycles. The van der Waals surface area contributed by atoms with Gasteiger partial charge in [0.05, 0.1) is 0 Å². The molecule has 0 spiro atoms. The third-order valence-electron chi connectivity index (χ3n) is 1.41. The molecule has 1 rings (SSSR count). The van der Waals surface area contributed by atoms with Crippen LogP contribution in [0.25, 0.3) is 0 Å². The van der Waals surface area contributed by atoms with Crippen LogP contribution in [0.1, 0.15) is 13.3 Å². The summed E-state index contributed by atoms with van der Waals surface area (Å²) in [6, 6.07) is 0. The summed E-state index contributed by atoms with van der Waals surface area (Å²) in [5.74, 6) is -0.126. The molecule has 10 heavy (non-hydrogen) atoms. The first-order valence-corrected chi connectivity index (χ1v) is 3.21. The Balaban J connectivity index is 2.89. The molecule has 2 nitrogen and oxygen atoms in total. The maximum absolute atomic E-state index is 10.9. The van der Waals surface area contributed by atoms with Gasteiger partial charge in [-0.15, -0.1) is 0 Å². The topological polar surface area (TPSA) is 34.1 Å². The Kier molecular flexibility index (Phi) is 1.81. The Bertz CT molecular complexity index is 234. The SMILES string of the molecule is CCC1=CC(=O)C=CC1=O. The van der Waals surface area contributed by atoms with E-state index in [1.54, 1.807) is 0 Å². The highest BCUT2D eigenvalue weighted by Crippen LogP contribution is 2.07. The third-order valence-corrected chi connectivity index (χ3v) is 1.41. The molecule has 0 bridgehead atoms. The second-order valence-electron chi connectivity index (χ2n) is 2.12. The van der Waals surface area contributed by atoms with Crippen LogP contribution in [0.5, 0.6) is 0 Å². The van der Waals surface area contributed by atoms with Crippen molar-refractivity contribution in [2.45, 2.75) is 13.3 Å². The zero-order valence-corrected chi connectivity index (χ0v) is 5.76. The molecule has 1 aliphatic carbocycles. The van der Waals surface area contributed by atoms with Crippen molar-refractivity contribution in [2.24, 2.45) is 0 Å². The first-order valence-electron chi connectivity index (χ1n) is 3.21. The molecule has 0 atom stereocenters. The van der Waals surface area contributed by atoms with Gasteiger partial charge in [-0.05, 0) is 24.6 Å². The molecule has 0 unspecified atom stereocenters. The van der Waals surface area contributed by atoms with E-state index in [0.29, 0.717) is 12.0 Å². The Hall–Kier alpha value is -1.18. The highest BCUT2D eigenvalue weighted by atomic mass is 16.1. The van der Waals surface area contributed by atoms with Crippen molar-refractivity contribution in [3.05, 3.63) is 23.8 Å². The van der Waals surface area contributed by atoms with Crippen molar-refractivity contribution in [1.29, 1.82) is 0 Å². The van der Waals surface area contributed by atoms with Crippen LogP contribution in [0, 0.1) is 0 Å². The fourth-order valence-corrected chi connectivity index (χ4v) is 0.832. The second kappa shape index (κ2) is 2.60. The zero-order valence-electron chi connectivity index (χ0n) is 5.76. The Morgan fingerprint density at radius 2 is 2.00 bits per heavy atom. The van der Waals surface area contributed by atoms with E-state index in [9.17, 15) is 9.59 Å². The van der Waals surface area contributed by atoms with Gasteiger partial charge >= 0.3 is 0 Å². The molecule has 2 heteroatoms. The van der Waals surface area contributed by atoms with Gasteiger partial charge in [-0.1, -0.05) is 6.92 Å². The largest absolute Gasteiger partial charge is 0.290 e. The van der Waals surface area contributed by atoms with E-state index >= 15 is 0 Å². The summed E-state index contributed by atoms with van der Waals surface area (Å²) in [5.41, 5.74) is 0.604. The van der Waals surface area contributed by atoms with Crippen molar-refractivity contribution in [3.8, 4) is 0 Å². The molecule has 0 saturated carbocycles. The third kappa shape index (κ3) is 1.21. The summed E-state index contributed by atoms with van der Waals surface area (Å²) in [7, 11) is 0. The van der Waals surface area contributed by atoms with E-state index in [2.05, 4.69) is 0 Å². The van der Waals surface area contributed by atoms with Crippen LogP contribution in [0.3, 0.4) is 0 Å². The van der Waals surface area contributed by atoms with Gasteiger partial charge in [0, 0.05) is 5.57 Å². The Labute approximate surface area is 59.2 Å². The second-order valence-corrected chi connectivity index (χ2v) is 2.12. The number of rotatable bonds is 1. The van der Waals surface area contributed by atoms with Crippen LogP contribution >= 0.6 is 0 Å². The molecule has 1 aliphatic rings. The summed E-state index contributed by atoms with van der Waals surface area (Å²) >= 11 is 0. The monoisotopic (exact) mass is 136 g/mol. The van der Waals surface area contributed by atoms with E-state index in [1.807, 2.05) is 6.92 Å². The lowest BCUT2D eigenvalue weighted by molar-refractivity contribution is -0.114. The average molecular weight is 136 g/mol. The standard InChI is InChI=1S/C8H8O2/c1-2-6-5-7(9)3-4-8(6)10/h3-5H,2H2,1H3. The summed E-state index contributed by atoms with van der Waals surface area (Å²) < 4.78 is 0. The summed E-state index contributed by atoms with van der Waals surface area (Å²) in [6.45, 7) is 1.86. The number of carbonyl (C=O) groups is 2. The first-order chi connectivity index (χ1) is 4.74. The average Bonchev–Trinajstić information content (AvgIpc) is 1.94. The van der Waals surface area contributed by atoms with Crippen molar-refractivity contribution < 1.29 is 9.59 Å². The van der Waals surface area contributed by atoms with Gasteiger partial charge in [-0.25, -0.2) is 0 Å². The Morgan fingerprint density at radius 3 is 2.50 bits per heavy atom. The van der Waals surface area contributed by atoms with Gasteiger partial charge in [0.1, 0.15) is 0 Å². The minimum Gasteiger partial charge on any atom is -0.290 e. The molecule has 0 saturated heterocycles. The summed E-state index contributed by atoms with van der Waals surface area (Å²) in [4.78, 5) is 21.5. The number of allylic oxidation sites excluding steroid dienone is 4. The van der Waals surface area contributed by atoms with Crippen LogP contribution < -0.4 is 0 Å². The normalized spacial score (nSPS) is 17.5. The van der Waals surface area contributed by atoms with E-state index in [1.165, 1.54) is 18.2 Å². The minimum absolute atomic E-state index is 0.0397. The molecular formula is C8H8O2. The van der Waals surface area contributed by atoms with E-state index in [-0.39, 0.29) is 11.6 Å². The number of hydrogen-bond acceptors (Lipinski definition) is 2. The van der Waals surface area contributed by atoms with Crippen LogP contribution in [0.4, 0.5) is 0 Å². The van der Waals surface area contributed by atoms with Gasteiger partial charge in [0.25, 0.3) is 0 Å². The van der Waals surface area contributed by atoms with Crippen molar-refractivity contribution >= 4 is 11.6 Å². The predicted octanol–water partition coefficient (Wildman–Crippen LogP) is 1.03. The fraction of sp³-hybridized carbons (Fsp3) is 0.250. The molecular weight excluding hydrogens is 128 g/mol. The van der Waals surface area contributed by atoms with Crippen molar-refractivity contribution in [2.75, 3.05) is 0 Å². The fourth-order valence-electron chi connectivity index (χ4n) is 0.832. The molecule has 0 aromatic rings. The van der Waals surface area contributed by atoms with Crippen LogP contribution in [-0.4, -0.2) is 11.6 Å². The lowest BCUT2D eigenvalue weighted by atomic mass is 10.0. The maximum atomic E-state index is 10.9. The molecule has 0 aromatic heterocycles. The van der Waals surface area contributed by atoms with Gasteiger partial charge in [0.15, 0.2) is 11.6 Å². The van der Waals surface area contributed by atoms with Gasteiger partial charge in [0.2, 0.25) is 0 Å². The number of hydrogen-bond donors (Lipinski definition) is 0. The van der Waals surface area contributed by atoms with Crippen LogP contribution in [-0.2, 0) is 9.59 Å². The lowest BCUT2D eigenvalue weighted by Crippen LogP contribution is -2.06. The first kappa shape index (κ1) is 6.93. The molecule has 0 heterocycles. The van der Waals surface area contributed by atoms with E-state index in [0.717, 1.165) is 0 Å². The zero-order chi connectivity index (χ0) is 7.56. The quantitative estimate of drug-likeness (QED) is 0.504. The van der Waals surface area contributed by atoms with Gasteiger partial charge in [-0.3, -0.25) is 9.59 Å². The molecule has 0 radical (unpaired) electrons.